The van der Waals surface area contributed by atoms with Crippen LogP contribution in [0.3, 0.4) is 0 Å². The molecule has 0 spiro atoms. The van der Waals surface area contributed by atoms with Crippen molar-refractivity contribution in [2.45, 2.75) is 45.6 Å². The summed E-state index contributed by atoms with van der Waals surface area (Å²) in [6, 6.07) is 16.2. The first-order chi connectivity index (χ1) is 14.4. The minimum Gasteiger partial charge on any atom is -0.336 e. The number of hydrazone groups is 1. The molecule has 4 rings (SSSR count). The minimum atomic E-state index is -0.150. The molecule has 2 aliphatic rings. The van der Waals surface area contributed by atoms with Gasteiger partial charge in [-0.15, -0.1) is 0 Å². The summed E-state index contributed by atoms with van der Waals surface area (Å²) < 4.78 is 0. The molecule has 0 aromatic heterocycles. The highest BCUT2D eigenvalue weighted by atomic mass is 16.2. The maximum atomic E-state index is 13.2. The Labute approximate surface area is 178 Å². The second-order valence-electron chi connectivity index (χ2n) is 8.54. The zero-order chi connectivity index (χ0) is 21.3. The van der Waals surface area contributed by atoms with E-state index >= 15 is 0 Å². The van der Waals surface area contributed by atoms with Gasteiger partial charge in [-0.2, -0.15) is 5.10 Å². The first kappa shape index (κ1) is 20.3. The summed E-state index contributed by atoms with van der Waals surface area (Å²) in [5.74, 6) is 0.0159. The summed E-state index contributed by atoms with van der Waals surface area (Å²) in [7, 11) is 1.72. The fraction of sp³-hybridized carbons (Fsp3) is 0.400. The van der Waals surface area contributed by atoms with Crippen LogP contribution in [-0.4, -0.2) is 41.0 Å². The third kappa shape index (κ3) is 4.02. The highest BCUT2D eigenvalue weighted by Crippen LogP contribution is 2.33. The van der Waals surface area contributed by atoms with Crippen LogP contribution < -0.4 is 0 Å². The monoisotopic (exact) mass is 403 g/mol. The summed E-state index contributed by atoms with van der Waals surface area (Å²) in [4.78, 5) is 27.3. The Kier molecular flexibility index (Phi) is 5.71. The van der Waals surface area contributed by atoms with Crippen LogP contribution in [0.15, 0.2) is 53.6 Å². The van der Waals surface area contributed by atoms with Crippen molar-refractivity contribution >= 4 is 17.5 Å². The molecule has 156 valence electrons. The predicted octanol–water partition coefficient (Wildman–Crippen LogP) is 4.24. The zero-order valence-electron chi connectivity index (χ0n) is 18.0. The molecule has 2 aromatic carbocycles. The molecule has 2 amide bonds. The number of aryl methyl sites for hydroxylation is 2. The minimum absolute atomic E-state index is 0.0579. The lowest BCUT2D eigenvalue weighted by atomic mass is 9.84. The van der Waals surface area contributed by atoms with Gasteiger partial charge in [0.05, 0.1) is 11.8 Å². The van der Waals surface area contributed by atoms with Crippen LogP contribution in [0.2, 0.25) is 0 Å². The van der Waals surface area contributed by atoms with E-state index in [1.807, 2.05) is 30.3 Å². The highest BCUT2D eigenvalue weighted by Gasteiger charge is 2.35. The number of rotatable bonds is 5. The van der Waals surface area contributed by atoms with Crippen LogP contribution in [0.1, 0.15) is 54.0 Å². The summed E-state index contributed by atoms with van der Waals surface area (Å²) in [5.41, 5.74) is 5.46. The van der Waals surface area contributed by atoms with E-state index in [1.165, 1.54) is 11.1 Å². The molecule has 1 fully saturated rings. The second-order valence-corrected chi connectivity index (χ2v) is 8.54. The van der Waals surface area contributed by atoms with Crippen molar-refractivity contribution in [3.8, 4) is 0 Å². The van der Waals surface area contributed by atoms with E-state index in [2.05, 4.69) is 32.0 Å². The van der Waals surface area contributed by atoms with E-state index in [4.69, 9.17) is 5.10 Å². The Hall–Kier alpha value is -2.95. The Balaban J connectivity index is 1.58. The topological polar surface area (TPSA) is 53.0 Å². The van der Waals surface area contributed by atoms with Crippen LogP contribution in [0, 0.1) is 19.8 Å². The number of hydrogen-bond donors (Lipinski definition) is 0. The lowest BCUT2D eigenvalue weighted by Crippen LogP contribution is -2.42. The van der Waals surface area contributed by atoms with Crippen molar-refractivity contribution in [3.05, 3.63) is 70.8 Å². The Morgan fingerprint density at radius 2 is 1.80 bits per heavy atom. The molecule has 0 N–H and O–H groups in total. The van der Waals surface area contributed by atoms with Gasteiger partial charge in [-0.3, -0.25) is 9.59 Å². The molecular formula is C25H29N3O2. The van der Waals surface area contributed by atoms with Crippen LogP contribution in [0.25, 0.3) is 0 Å². The molecule has 0 saturated heterocycles. The molecule has 1 aliphatic heterocycles. The maximum absolute atomic E-state index is 13.2. The van der Waals surface area contributed by atoms with Gasteiger partial charge in [0, 0.05) is 19.4 Å². The van der Waals surface area contributed by atoms with E-state index in [9.17, 15) is 9.59 Å². The van der Waals surface area contributed by atoms with E-state index in [0.717, 1.165) is 36.1 Å². The van der Waals surface area contributed by atoms with Gasteiger partial charge in [0.25, 0.3) is 5.91 Å². The van der Waals surface area contributed by atoms with Gasteiger partial charge in [-0.25, -0.2) is 5.01 Å². The van der Waals surface area contributed by atoms with Gasteiger partial charge in [0.15, 0.2) is 0 Å². The molecule has 0 bridgehead atoms. The molecular weight excluding hydrogens is 374 g/mol. The van der Waals surface area contributed by atoms with Gasteiger partial charge in [-0.1, -0.05) is 48.9 Å². The number of benzene rings is 2. The molecule has 1 heterocycles. The molecule has 1 aliphatic carbocycles. The van der Waals surface area contributed by atoms with Crippen LogP contribution in [0.4, 0.5) is 0 Å². The molecule has 0 radical (unpaired) electrons. The predicted molar refractivity (Wildman–Crippen MR) is 118 cm³/mol. The fourth-order valence-corrected chi connectivity index (χ4v) is 4.09. The number of nitrogens with zero attached hydrogens (tertiary/aromatic N) is 3. The van der Waals surface area contributed by atoms with Crippen molar-refractivity contribution in [2.75, 3.05) is 13.6 Å². The van der Waals surface area contributed by atoms with E-state index in [0.29, 0.717) is 6.42 Å². The summed E-state index contributed by atoms with van der Waals surface area (Å²) >= 11 is 0. The third-order valence-corrected chi connectivity index (χ3v) is 6.39. The summed E-state index contributed by atoms with van der Waals surface area (Å²) in [6.07, 6.45) is 3.63. The quantitative estimate of drug-likeness (QED) is 0.750. The third-order valence-electron chi connectivity index (χ3n) is 6.39. The zero-order valence-corrected chi connectivity index (χ0v) is 18.0. The molecule has 5 heteroatoms. The number of amides is 2. The van der Waals surface area contributed by atoms with Crippen molar-refractivity contribution in [2.24, 2.45) is 11.0 Å². The number of hydrogen-bond acceptors (Lipinski definition) is 3. The van der Waals surface area contributed by atoms with E-state index in [-0.39, 0.29) is 30.3 Å². The average Bonchev–Trinajstić information content (AvgIpc) is 3.15. The van der Waals surface area contributed by atoms with E-state index in [1.54, 1.807) is 17.0 Å². The van der Waals surface area contributed by atoms with E-state index < -0.39 is 0 Å². The van der Waals surface area contributed by atoms with Crippen molar-refractivity contribution in [3.63, 3.8) is 0 Å². The van der Waals surface area contributed by atoms with Crippen molar-refractivity contribution in [1.82, 2.24) is 9.91 Å². The molecule has 1 saturated carbocycles. The van der Waals surface area contributed by atoms with Crippen LogP contribution in [0.5, 0.6) is 0 Å². The summed E-state index contributed by atoms with van der Waals surface area (Å²) in [6.45, 7) is 4.24. The first-order valence-electron chi connectivity index (χ1n) is 10.7. The Morgan fingerprint density at radius 1 is 1.07 bits per heavy atom. The molecule has 30 heavy (non-hydrogen) atoms. The molecule has 2 aromatic rings. The summed E-state index contributed by atoms with van der Waals surface area (Å²) in [5, 5.41) is 6.33. The van der Waals surface area contributed by atoms with Gasteiger partial charge in [-0.05, 0) is 55.0 Å². The first-order valence-corrected chi connectivity index (χ1v) is 10.7. The standard InChI is InChI=1S/C25H29N3O2/c1-17-12-13-21(14-18(17)2)22-15-23(19-8-5-4-6-9-19)28(26-22)24(29)16-27(3)25(30)20-10-7-11-20/h4-6,8-9,12-14,20,23H,7,10-11,15-16H2,1-3H3/t23-/m0/s1. The molecule has 5 nitrogen and oxygen atoms in total. The van der Waals surface area contributed by atoms with Crippen LogP contribution >= 0.6 is 0 Å². The second kappa shape index (κ2) is 8.42. The van der Waals surface area contributed by atoms with Crippen molar-refractivity contribution < 1.29 is 9.59 Å². The smallest absolute Gasteiger partial charge is 0.262 e. The average molecular weight is 404 g/mol. The van der Waals surface area contributed by atoms with Gasteiger partial charge in [0.2, 0.25) is 5.91 Å². The maximum Gasteiger partial charge on any atom is 0.262 e. The van der Waals surface area contributed by atoms with Gasteiger partial charge < -0.3 is 4.90 Å². The lowest BCUT2D eigenvalue weighted by molar-refractivity contribution is -0.144. The fourth-order valence-electron chi connectivity index (χ4n) is 4.09. The lowest BCUT2D eigenvalue weighted by Gasteiger charge is -2.30. The number of likely N-dealkylation sites (N-methyl/N-ethyl adjacent to an activating group) is 1. The van der Waals surface area contributed by atoms with Gasteiger partial charge >= 0.3 is 0 Å². The number of carbonyl (C=O) groups is 2. The normalized spacial score (nSPS) is 18.7. The number of carbonyl (C=O) groups excluding carboxylic acids is 2. The SMILES string of the molecule is Cc1ccc(C2=NN(C(=O)CN(C)C(=O)C3CCC3)[C@H](c3ccccc3)C2)cc1C. The van der Waals surface area contributed by atoms with Crippen LogP contribution in [-0.2, 0) is 9.59 Å². The Morgan fingerprint density at radius 3 is 2.43 bits per heavy atom. The Bertz CT molecular complexity index is 979. The molecule has 0 unspecified atom stereocenters. The highest BCUT2D eigenvalue weighted by molar-refractivity contribution is 6.03. The molecule has 1 atom stereocenters. The largest absolute Gasteiger partial charge is 0.336 e. The van der Waals surface area contributed by atoms with Gasteiger partial charge in [0.1, 0.15) is 6.54 Å². The van der Waals surface area contributed by atoms with Crippen molar-refractivity contribution in [1.29, 1.82) is 0 Å².